The summed E-state index contributed by atoms with van der Waals surface area (Å²) in [4.78, 5) is 0.0247. The Morgan fingerprint density at radius 2 is 1.71 bits per heavy atom. The molecule has 1 aromatic heterocycles. The van der Waals surface area contributed by atoms with E-state index in [4.69, 9.17) is 5.73 Å². The van der Waals surface area contributed by atoms with Crippen LogP contribution in [0.5, 0.6) is 0 Å². The first kappa shape index (κ1) is 20.0. The summed E-state index contributed by atoms with van der Waals surface area (Å²) in [5, 5.41) is 3.57. The molecule has 148 valence electrons. The molecule has 0 aliphatic rings. The topological polar surface area (TPSA) is 78.0 Å². The lowest BCUT2D eigenvalue weighted by Crippen LogP contribution is -2.08. The average Bonchev–Trinajstić information content (AvgIpc) is 3.07. The van der Waals surface area contributed by atoms with Gasteiger partial charge in [0.2, 0.25) is 0 Å². The second kappa shape index (κ2) is 7.02. The normalized spacial score (nSPS) is 12.4. The van der Waals surface area contributed by atoms with Crippen LogP contribution < -0.4 is 5.73 Å². The van der Waals surface area contributed by atoms with E-state index in [1.165, 1.54) is 36.4 Å². The molecule has 0 unspecified atom stereocenters. The number of nitrogens with two attached hydrogens (primary N) is 1. The van der Waals surface area contributed by atoms with E-state index in [2.05, 4.69) is 5.10 Å². The minimum atomic E-state index is -4.71. The molecule has 0 saturated carbocycles. The first-order chi connectivity index (χ1) is 13.0. The summed E-state index contributed by atoms with van der Waals surface area (Å²) >= 11 is 0. The van der Waals surface area contributed by atoms with Crippen molar-refractivity contribution in [3.63, 3.8) is 0 Å². The summed E-state index contributed by atoms with van der Waals surface area (Å²) in [6.45, 7) is -0.0567. The summed E-state index contributed by atoms with van der Waals surface area (Å²) in [6, 6.07) is 9.96. The zero-order chi connectivity index (χ0) is 20.7. The molecule has 3 rings (SSSR count). The first-order valence-corrected chi connectivity index (χ1v) is 9.86. The van der Waals surface area contributed by atoms with Gasteiger partial charge in [-0.05, 0) is 30.3 Å². The van der Waals surface area contributed by atoms with E-state index in [-0.39, 0.29) is 28.4 Å². The fraction of sp³-hybridized carbons (Fsp3) is 0.167. The number of hydrogen-bond donors (Lipinski definition) is 1. The van der Waals surface area contributed by atoms with E-state index < -0.39 is 27.5 Å². The maximum absolute atomic E-state index is 14.1. The Morgan fingerprint density at radius 3 is 2.21 bits per heavy atom. The maximum atomic E-state index is 14.1. The van der Waals surface area contributed by atoms with Gasteiger partial charge in [-0.3, -0.25) is 0 Å². The van der Waals surface area contributed by atoms with Crippen LogP contribution in [0, 0.1) is 5.82 Å². The number of alkyl halides is 3. The molecule has 3 aromatic rings. The van der Waals surface area contributed by atoms with E-state index >= 15 is 0 Å². The van der Waals surface area contributed by atoms with Gasteiger partial charge in [-0.2, -0.15) is 18.3 Å². The standard InChI is InChI=1S/C18H15F4N3O2S/c1-28(26,27)14-6-3-11(4-7-14)16-9-17(18(20,21)22)24-25(16)13-5-2-12(10-23)15(19)8-13/h2-9H,10,23H2,1H3. The third-order valence-corrected chi connectivity index (χ3v) is 5.21. The van der Waals surface area contributed by atoms with Crippen molar-refractivity contribution in [2.24, 2.45) is 5.73 Å². The number of benzene rings is 2. The van der Waals surface area contributed by atoms with E-state index in [1.807, 2.05) is 0 Å². The van der Waals surface area contributed by atoms with Gasteiger partial charge in [-0.15, -0.1) is 0 Å². The lowest BCUT2D eigenvalue weighted by Gasteiger charge is -2.10. The van der Waals surface area contributed by atoms with Crippen molar-refractivity contribution in [2.75, 3.05) is 6.26 Å². The van der Waals surface area contributed by atoms with Gasteiger partial charge in [0.25, 0.3) is 0 Å². The van der Waals surface area contributed by atoms with Gasteiger partial charge in [0.1, 0.15) is 5.82 Å². The average molecular weight is 413 g/mol. The maximum Gasteiger partial charge on any atom is 0.435 e. The molecule has 10 heteroatoms. The van der Waals surface area contributed by atoms with Gasteiger partial charge in [0, 0.05) is 23.9 Å². The summed E-state index contributed by atoms with van der Waals surface area (Å²) < 4.78 is 77.8. The Balaban J connectivity index is 2.18. The second-order valence-corrected chi connectivity index (χ2v) is 8.12. The van der Waals surface area contributed by atoms with E-state index in [0.29, 0.717) is 5.56 Å². The molecule has 0 aliphatic heterocycles. The number of halogens is 4. The number of nitrogens with zero attached hydrogens (tertiary/aromatic N) is 2. The SMILES string of the molecule is CS(=O)(=O)c1ccc(-c2cc(C(F)(F)F)nn2-c2ccc(CN)c(F)c2)cc1. The molecule has 1 heterocycles. The van der Waals surface area contributed by atoms with Crippen LogP contribution in [-0.4, -0.2) is 24.5 Å². The zero-order valence-corrected chi connectivity index (χ0v) is 15.4. The van der Waals surface area contributed by atoms with Crippen LogP contribution in [0.1, 0.15) is 11.3 Å². The monoisotopic (exact) mass is 413 g/mol. The molecule has 0 amide bonds. The van der Waals surface area contributed by atoms with Crippen LogP contribution in [0.4, 0.5) is 17.6 Å². The largest absolute Gasteiger partial charge is 0.435 e. The first-order valence-electron chi connectivity index (χ1n) is 7.97. The van der Waals surface area contributed by atoms with Crippen LogP contribution in [0.2, 0.25) is 0 Å². The van der Waals surface area contributed by atoms with Gasteiger partial charge in [0.15, 0.2) is 15.5 Å². The third kappa shape index (κ3) is 3.92. The van der Waals surface area contributed by atoms with Gasteiger partial charge < -0.3 is 5.73 Å². The molecule has 0 aliphatic carbocycles. The van der Waals surface area contributed by atoms with Crippen LogP contribution in [0.15, 0.2) is 53.4 Å². The highest BCUT2D eigenvalue weighted by Gasteiger charge is 2.35. The Bertz CT molecular complexity index is 1120. The number of rotatable bonds is 4. The third-order valence-electron chi connectivity index (χ3n) is 4.08. The van der Waals surface area contributed by atoms with Gasteiger partial charge in [-0.1, -0.05) is 18.2 Å². The molecular weight excluding hydrogens is 398 g/mol. The number of aromatic nitrogens is 2. The fourth-order valence-corrected chi connectivity index (χ4v) is 3.26. The van der Waals surface area contributed by atoms with Crippen LogP contribution in [0.3, 0.4) is 0 Å². The molecule has 0 saturated heterocycles. The highest BCUT2D eigenvalue weighted by Crippen LogP contribution is 2.33. The smallest absolute Gasteiger partial charge is 0.326 e. The summed E-state index contributed by atoms with van der Waals surface area (Å²) in [6.07, 6.45) is -3.68. The Hall–Kier alpha value is -2.72. The van der Waals surface area contributed by atoms with Crippen molar-refractivity contribution >= 4 is 9.84 Å². The lowest BCUT2D eigenvalue weighted by molar-refractivity contribution is -0.141. The van der Waals surface area contributed by atoms with Crippen molar-refractivity contribution < 1.29 is 26.0 Å². The Morgan fingerprint density at radius 1 is 1.07 bits per heavy atom. The van der Waals surface area contributed by atoms with Crippen LogP contribution in [0.25, 0.3) is 16.9 Å². The molecule has 0 radical (unpaired) electrons. The molecule has 2 N–H and O–H groups in total. The Labute approximate surface area is 158 Å². The minimum absolute atomic E-state index is 0.0247. The van der Waals surface area contributed by atoms with Gasteiger partial charge >= 0.3 is 6.18 Å². The van der Waals surface area contributed by atoms with Gasteiger partial charge in [-0.25, -0.2) is 17.5 Å². The molecule has 0 fully saturated rings. The molecular formula is C18H15F4N3O2S. The van der Waals surface area contributed by atoms with Gasteiger partial charge in [0.05, 0.1) is 16.3 Å². The molecule has 28 heavy (non-hydrogen) atoms. The second-order valence-electron chi connectivity index (χ2n) is 6.10. The van der Waals surface area contributed by atoms with Crippen molar-refractivity contribution in [2.45, 2.75) is 17.6 Å². The van der Waals surface area contributed by atoms with Crippen LogP contribution in [-0.2, 0) is 22.6 Å². The minimum Gasteiger partial charge on any atom is -0.326 e. The predicted molar refractivity (Wildman–Crippen MR) is 95.0 cm³/mol. The number of sulfone groups is 1. The summed E-state index contributed by atoms with van der Waals surface area (Å²) in [7, 11) is -3.46. The molecule has 0 bridgehead atoms. The predicted octanol–water partition coefficient (Wildman–Crippen LogP) is 3.56. The summed E-state index contributed by atoms with van der Waals surface area (Å²) in [5.41, 5.74) is 4.87. The molecule has 5 nitrogen and oxygen atoms in total. The van der Waals surface area contributed by atoms with Crippen molar-refractivity contribution in [1.82, 2.24) is 9.78 Å². The summed E-state index contributed by atoms with van der Waals surface area (Å²) in [5.74, 6) is -0.664. The highest BCUT2D eigenvalue weighted by molar-refractivity contribution is 7.90. The van der Waals surface area contributed by atoms with Crippen molar-refractivity contribution in [3.05, 3.63) is 65.6 Å². The lowest BCUT2D eigenvalue weighted by atomic mass is 10.1. The highest BCUT2D eigenvalue weighted by atomic mass is 32.2. The fourth-order valence-electron chi connectivity index (χ4n) is 2.63. The number of hydrogen-bond acceptors (Lipinski definition) is 4. The molecule has 0 atom stereocenters. The van der Waals surface area contributed by atoms with Crippen molar-refractivity contribution in [3.8, 4) is 16.9 Å². The van der Waals surface area contributed by atoms with E-state index in [9.17, 15) is 26.0 Å². The molecule has 2 aromatic carbocycles. The van der Waals surface area contributed by atoms with E-state index in [0.717, 1.165) is 23.1 Å². The van der Waals surface area contributed by atoms with Crippen molar-refractivity contribution in [1.29, 1.82) is 0 Å². The van der Waals surface area contributed by atoms with E-state index in [1.54, 1.807) is 0 Å². The zero-order valence-electron chi connectivity index (χ0n) is 14.5. The Kier molecular flexibility index (Phi) is 5.02. The molecule has 0 spiro atoms. The van der Waals surface area contributed by atoms with Crippen LogP contribution >= 0.6 is 0 Å². The quantitative estimate of drug-likeness (QED) is 0.664.